The largest absolute Gasteiger partial charge is 0.457 e. The van der Waals surface area contributed by atoms with Crippen molar-refractivity contribution in [3.05, 3.63) is 89.1 Å². The van der Waals surface area contributed by atoms with Crippen LogP contribution >= 0.6 is 0 Å². The average molecular weight is 364 g/mol. The van der Waals surface area contributed by atoms with E-state index in [1.165, 1.54) is 17.1 Å². The molecule has 27 heavy (non-hydrogen) atoms. The van der Waals surface area contributed by atoms with E-state index in [1.807, 2.05) is 30.3 Å². The minimum atomic E-state index is -0.756. The standard InChI is InChI=1S/C20H17FN4O2/c1-13-17(19(26)27-11-14-7-3-2-4-8-14)18(15-9-5-6-10-16(15)21)25-20(24-13)22-12-23-25/h2-10,12,18H,11H2,1H3,(H,22,23,24)/t18-/m0/s1. The number of nitrogens with one attached hydrogen (secondary N) is 1. The van der Waals surface area contributed by atoms with Crippen molar-refractivity contribution in [1.82, 2.24) is 14.8 Å². The van der Waals surface area contributed by atoms with Gasteiger partial charge in [0, 0.05) is 11.3 Å². The molecule has 1 aliphatic heterocycles. The summed E-state index contributed by atoms with van der Waals surface area (Å²) in [7, 11) is 0. The van der Waals surface area contributed by atoms with Crippen molar-refractivity contribution in [3.8, 4) is 0 Å². The molecular formula is C20H17FN4O2. The minimum absolute atomic E-state index is 0.130. The van der Waals surface area contributed by atoms with E-state index in [1.54, 1.807) is 25.1 Å². The molecule has 1 N–H and O–H groups in total. The molecule has 4 rings (SSSR count). The fraction of sp³-hybridized carbons (Fsp3) is 0.150. The molecule has 0 bridgehead atoms. The van der Waals surface area contributed by atoms with E-state index in [0.29, 0.717) is 22.8 Å². The number of halogens is 1. The predicted octanol–water partition coefficient (Wildman–Crippen LogP) is 3.45. The molecule has 0 aliphatic carbocycles. The Kier molecular flexibility index (Phi) is 4.42. The number of allylic oxidation sites excluding steroid dienone is 1. The highest BCUT2D eigenvalue weighted by Gasteiger charge is 2.35. The van der Waals surface area contributed by atoms with Gasteiger partial charge in [-0.15, -0.1) is 0 Å². The van der Waals surface area contributed by atoms with Crippen LogP contribution in [0.5, 0.6) is 0 Å². The lowest BCUT2D eigenvalue weighted by atomic mass is 9.95. The number of aromatic nitrogens is 3. The summed E-state index contributed by atoms with van der Waals surface area (Å²) in [5.41, 5.74) is 2.06. The molecule has 0 radical (unpaired) electrons. The number of fused-ring (bicyclic) bond motifs is 1. The zero-order valence-electron chi connectivity index (χ0n) is 14.6. The molecule has 1 atom stereocenters. The Morgan fingerprint density at radius 3 is 2.70 bits per heavy atom. The number of hydrogen-bond donors (Lipinski definition) is 1. The van der Waals surface area contributed by atoms with Crippen LogP contribution in [0.25, 0.3) is 0 Å². The van der Waals surface area contributed by atoms with Gasteiger partial charge in [0.2, 0.25) is 5.95 Å². The summed E-state index contributed by atoms with van der Waals surface area (Å²) < 4.78 is 21.5. The second kappa shape index (κ2) is 7.03. The van der Waals surface area contributed by atoms with Crippen molar-refractivity contribution in [1.29, 1.82) is 0 Å². The molecule has 0 unspecified atom stereocenters. The summed E-state index contributed by atoms with van der Waals surface area (Å²) in [6.07, 6.45) is 1.36. The van der Waals surface area contributed by atoms with Crippen LogP contribution in [0.2, 0.25) is 0 Å². The van der Waals surface area contributed by atoms with Crippen LogP contribution in [0.15, 0.2) is 72.2 Å². The van der Waals surface area contributed by atoms with Crippen LogP contribution in [0.3, 0.4) is 0 Å². The Morgan fingerprint density at radius 1 is 1.19 bits per heavy atom. The van der Waals surface area contributed by atoms with Crippen molar-refractivity contribution < 1.29 is 13.9 Å². The van der Waals surface area contributed by atoms with Crippen LogP contribution in [0.4, 0.5) is 10.3 Å². The van der Waals surface area contributed by atoms with Crippen molar-refractivity contribution in [3.63, 3.8) is 0 Å². The highest BCUT2D eigenvalue weighted by molar-refractivity contribution is 5.92. The number of esters is 1. The van der Waals surface area contributed by atoms with Crippen LogP contribution in [-0.2, 0) is 16.1 Å². The molecule has 136 valence electrons. The fourth-order valence-corrected chi connectivity index (χ4v) is 3.14. The molecule has 0 saturated heterocycles. The Labute approximate surface area is 155 Å². The second-order valence-corrected chi connectivity index (χ2v) is 6.18. The fourth-order valence-electron chi connectivity index (χ4n) is 3.14. The molecule has 2 aromatic carbocycles. The van der Waals surface area contributed by atoms with Gasteiger partial charge in [0.25, 0.3) is 0 Å². The van der Waals surface area contributed by atoms with Gasteiger partial charge < -0.3 is 10.1 Å². The quantitative estimate of drug-likeness (QED) is 0.718. The zero-order valence-corrected chi connectivity index (χ0v) is 14.6. The Bertz CT molecular complexity index is 1010. The summed E-state index contributed by atoms with van der Waals surface area (Å²) in [5, 5.41) is 7.21. The third kappa shape index (κ3) is 3.19. The first kappa shape index (κ1) is 17.0. The number of nitrogens with zero attached hydrogens (tertiary/aromatic N) is 3. The summed E-state index contributed by atoms with van der Waals surface area (Å²) in [6, 6.07) is 14.9. The van der Waals surface area contributed by atoms with Gasteiger partial charge in [0.1, 0.15) is 24.8 Å². The molecule has 0 amide bonds. The molecule has 7 heteroatoms. The maximum atomic E-state index is 14.5. The molecule has 1 aromatic heterocycles. The highest BCUT2D eigenvalue weighted by atomic mass is 19.1. The summed E-state index contributed by atoms with van der Waals surface area (Å²) in [4.78, 5) is 17.0. The molecular weight excluding hydrogens is 347 g/mol. The maximum Gasteiger partial charge on any atom is 0.338 e. The van der Waals surface area contributed by atoms with Crippen LogP contribution in [0.1, 0.15) is 24.1 Å². The molecule has 6 nitrogen and oxygen atoms in total. The SMILES string of the molecule is CC1=C(C(=O)OCc2ccccc2)[C@H](c2ccccc2F)n2ncnc2N1. The highest BCUT2D eigenvalue weighted by Crippen LogP contribution is 2.36. The number of anilines is 1. The third-order valence-electron chi connectivity index (χ3n) is 4.43. The lowest BCUT2D eigenvalue weighted by Crippen LogP contribution is -2.30. The molecule has 0 fully saturated rings. The second-order valence-electron chi connectivity index (χ2n) is 6.18. The molecule has 2 heterocycles. The Balaban J connectivity index is 1.70. The van der Waals surface area contributed by atoms with Gasteiger partial charge in [-0.1, -0.05) is 48.5 Å². The van der Waals surface area contributed by atoms with Gasteiger partial charge in [-0.25, -0.2) is 13.9 Å². The van der Waals surface area contributed by atoms with Crippen molar-refractivity contribution in [2.45, 2.75) is 19.6 Å². The first-order valence-electron chi connectivity index (χ1n) is 8.48. The summed E-state index contributed by atoms with van der Waals surface area (Å²) in [6.45, 7) is 1.87. The average Bonchev–Trinajstić information content (AvgIpc) is 3.14. The minimum Gasteiger partial charge on any atom is -0.457 e. The van der Waals surface area contributed by atoms with Gasteiger partial charge in [-0.3, -0.25) is 0 Å². The summed E-state index contributed by atoms with van der Waals surface area (Å²) in [5.74, 6) is -0.509. The molecule has 0 spiro atoms. The number of ether oxygens (including phenoxy) is 1. The zero-order chi connectivity index (χ0) is 18.8. The third-order valence-corrected chi connectivity index (χ3v) is 4.43. The molecule has 3 aromatic rings. The van der Waals surface area contributed by atoms with Gasteiger partial charge in [0.15, 0.2) is 0 Å². The number of hydrogen-bond acceptors (Lipinski definition) is 5. The van der Waals surface area contributed by atoms with E-state index in [4.69, 9.17) is 4.74 Å². The first-order valence-corrected chi connectivity index (χ1v) is 8.48. The smallest absolute Gasteiger partial charge is 0.338 e. The van der Waals surface area contributed by atoms with E-state index < -0.39 is 17.8 Å². The molecule has 1 aliphatic rings. The van der Waals surface area contributed by atoms with Gasteiger partial charge in [-0.2, -0.15) is 10.1 Å². The lowest BCUT2D eigenvalue weighted by molar-refractivity contribution is -0.140. The number of carbonyl (C=O) groups excluding carboxylic acids is 1. The first-order chi connectivity index (χ1) is 13.1. The van der Waals surface area contributed by atoms with E-state index >= 15 is 0 Å². The number of carbonyl (C=O) groups is 1. The van der Waals surface area contributed by atoms with E-state index in [0.717, 1.165) is 5.56 Å². The van der Waals surface area contributed by atoms with Gasteiger partial charge in [-0.05, 0) is 18.6 Å². The Morgan fingerprint density at radius 2 is 1.93 bits per heavy atom. The topological polar surface area (TPSA) is 69.0 Å². The maximum absolute atomic E-state index is 14.5. The van der Waals surface area contributed by atoms with Gasteiger partial charge in [0.05, 0.1) is 5.57 Å². The van der Waals surface area contributed by atoms with E-state index in [2.05, 4.69) is 15.4 Å². The summed E-state index contributed by atoms with van der Waals surface area (Å²) >= 11 is 0. The molecule has 0 saturated carbocycles. The van der Waals surface area contributed by atoms with Crippen LogP contribution < -0.4 is 5.32 Å². The Hall–Kier alpha value is -3.48. The lowest BCUT2D eigenvalue weighted by Gasteiger charge is -2.28. The van der Waals surface area contributed by atoms with E-state index in [-0.39, 0.29) is 6.61 Å². The van der Waals surface area contributed by atoms with Crippen molar-refractivity contribution in [2.75, 3.05) is 5.32 Å². The normalized spacial score (nSPS) is 15.9. The van der Waals surface area contributed by atoms with Crippen LogP contribution in [-0.4, -0.2) is 20.7 Å². The van der Waals surface area contributed by atoms with Gasteiger partial charge >= 0.3 is 5.97 Å². The van der Waals surface area contributed by atoms with Crippen molar-refractivity contribution >= 4 is 11.9 Å². The monoisotopic (exact) mass is 364 g/mol. The number of benzene rings is 2. The predicted molar refractivity (Wildman–Crippen MR) is 97.1 cm³/mol. The van der Waals surface area contributed by atoms with Crippen LogP contribution in [0, 0.1) is 5.82 Å². The van der Waals surface area contributed by atoms with Crippen molar-refractivity contribution in [2.24, 2.45) is 0 Å². The van der Waals surface area contributed by atoms with E-state index in [9.17, 15) is 9.18 Å². The number of rotatable bonds is 4.